The van der Waals surface area contributed by atoms with Crippen molar-refractivity contribution in [3.05, 3.63) is 0 Å². The third kappa shape index (κ3) is 4.97. The maximum Gasteiger partial charge on any atom is 0.328 e. The molecule has 0 aromatic carbocycles. The number of carbonyl (C=O) groups excluding carboxylic acids is 1. The molecule has 0 aromatic heterocycles. The Morgan fingerprint density at radius 3 is 2.80 bits per heavy atom. The molecule has 1 unspecified atom stereocenters. The Morgan fingerprint density at radius 1 is 1.50 bits per heavy atom. The lowest BCUT2D eigenvalue weighted by atomic mass is 9.90. The molecular formula is C13H24N2O5. The first kappa shape index (κ1) is 16.7. The average molecular weight is 288 g/mol. The van der Waals surface area contributed by atoms with Crippen LogP contribution in [0.15, 0.2) is 0 Å². The highest BCUT2D eigenvalue weighted by molar-refractivity contribution is 5.83. The van der Waals surface area contributed by atoms with E-state index in [9.17, 15) is 9.59 Å². The Balaban J connectivity index is 2.50. The number of hydrogen-bond donors (Lipinski definition) is 2. The van der Waals surface area contributed by atoms with Gasteiger partial charge in [-0.25, -0.2) is 9.59 Å². The molecule has 7 nitrogen and oxygen atoms in total. The van der Waals surface area contributed by atoms with Gasteiger partial charge in [-0.15, -0.1) is 0 Å². The summed E-state index contributed by atoms with van der Waals surface area (Å²) in [7, 11) is 1.64. The van der Waals surface area contributed by atoms with E-state index in [0.29, 0.717) is 26.3 Å². The van der Waals surface area contributed by atoms with E-state index < -0.39 is 12.0 Å². The van der Waals surface area contributed by atoms with E-state index in [0.717, 1.165) is 6.42 Å². The average Bonchev–Trinajstić information content (AvgIpc) is 2.42. The Morgan fingerprint density at radius 2 is 2.20 bits per heavy atom. The second kappa shape index (κ2) is 7.44. The molecule has 7 heteroatoms. The minimum Gasteiger partial charge on any atom is -0.480 e. The van der Waals surface area contributed by atoms with Gasteiger partial charge < -0.3 is 24.8 Å². The van der Waals surface area contributed by atoms with Crippen molar-refractivity contribution in [1.82, 2.24) is 10.2 Å². The van der Waals surface area contributed by atoms with Crippen molar-refractivity contribution >= 4 is 12.0 Å². The van der Waals surface area contributed by atoms with E-state index in [1.54, 1.807) is 7.11 Å². The first-order valence-corrected chi connectivity index (χ1v) is 6.71. The molecule has 1 fully saturated rings. The number of ether oxygens (including phenoxy) is 2. The molecule has 0 radical (unpaired) electrons. The first-order chi connectivity index (χ1) is 9.37. The maximum atomic E-state index is 12.1. The third-order valence-electron chi connectivity index (χ3n) is 3.38. The number of nitrogens with one attached hydrogen (secondary N) is 1. The summed E-state index contributed by atoms with van der Waals surface area (Å²) < 4.78 is 10.1. The lowest BCUT2D eigenvalue weighted by molar-refractivity contribution is -0.147. The van der Waals surface area contributed by atoms with Gasteiger partial charge in [-0.1, -0.05) is 13.8 Å². The summed E-state index contributed by atoms with van der Waals surface area (Å²) in [5, 5.41) is 11.9. The second-order valence-corrected chi connectivity index (χ2v) is 5.69. The monoisotopic (exact) mass is 288 g/mol. The molecule has 1 aliphatic rings. The van der Waals surface area contributed by atoms with Gasteiger partial charge in [-0.2, -0.15) is 0 Å². The van der Waals surface area contributed by atoms with Gasteiger partial charge >= 0.3 is 12.0 Å². The number of morpholine rings is 1. The van der Waals surface area contributed by atoms with Crippen molar-refractivity contribution in [1.29, 1.82) is 0 Å². The van der Waals surface area contributed by atoms with Crippen LogP contribution in [0.3, 0.4) is 0 Å². The number of methoxy groups -OCH3 is 1. The van der Waals surface area contributed by atoms with E-state index >= 15 is 0 Å². The lowest BCUT2D eigenvalue weighted by Gasteiger charge is -2.34. The van der Waals surface area contributed by atoms with Crippen LogP contribution < -0.4 is 5.32 Å². The van der Waals surface area contributed by atoms with Crippen LogP contribution in [-0.4, -0.2) is 68.1 Å². The van der Waals surface area contributed by atoms with Crippen molar-refractivity contribution in [3.8, 4) is 0 Å². The SMILES string of the molecule is COCCC(C)(C)CNC(=O)N1CCOCC1C(=O)O. The van der Waals surface area contributed by atoms with Gasteiger partial charge in [-0.05, 0) is 11.8 Å². The van der Waals surface area contributed by atoms with Crippen molar-refractivity contribution in [2.24, 2.45) is 5.41 Å². The molecule has 0 saturated carbocycles. The minimum atomic E-state index is -1.04. The molecular weight excluding hydrogens is 264 g/mol. The molecule has 0 aromatic rings. The van der Waals surface area contributed by atoms with Crippen molar-refractivity contribution in [2.75, 3.05) is 40.0 Å². The fourth-order valence-corrected chi connectivity index (χ4v) is 1.93. The van der Waals surface area contributed by atoms with E-state index in [-0.39, 0.29) is 18.1 Å². The summed E-state index contributed by atoms with van der Waals surface area (Å²) in [5.74, 6) is -1.04. The molecule has 1 heterocycles. The Kier molecular flexibility index (Phi) is 6.22. The molecule has 116 valence electrons. The van der Waals surface area contributed by atoms with Crippen LogP contribution in [0.5, 0.6) is 0 Å². The highest BCUT2D eigenvalue weighted by atomic mass is 16.5. The van der Waals surface area contributed by atoms with Gasteiger partial charge in [0.2, 0.25) is 0 Å². The number of aliphatic carboxylic acids is 1. The van der Waals surface area contributed by atoms with Crippen LogP contribution in [0, 0.1) is 5.41 Å². The molecule has 1 saturated heterocycles. The zero-order valence-corrected chi connectivity index (χ0v) is 12.3. The van der Waals surface area contributed by atoms with Crippen molar-refractivity contribution in [2.45, 2.75) is 26.3 Å². The fraction of sp³-hybridized carbons (Fsp3) is 0.846. The lowest BCUT2D eigenvalue weighted by Crippen LogP contribution is -2.56. The van der Waals surface area contributed by atoms with Crippen molar-refractivity contribution in [3.63, 3.8) is 0 Å². The van der Waals surface area contributed by atoms with Gasteiger partial charge in [0.05, 0.1) is 13.2 Å². The number of amides is 2. The Hall–Kier alpha value is -1.34. The standard InChI is InChI=1S/C13H24N2O5/c1-13(2,4-6-19-3)9-14-12(18)15-5-7-20-8-10(15)11(16)17/h10H,4-9H2,1-3H3,(H,14,18)(H,16,17). The molecule has 1 atom stereocenters. The number of carboxylic acid groups (broad SMARTS) is 1. The maximum absolute atomic E-state index is 12.1. The number of nitrogens with zero attached hydrogens (tertiary/aromatic N) is 1. The predicted octanol–water partition coefficient (Wildman–Crippen LogP) is 0.544. The number of carbonyl (C=O) groups is 2. The second-order valence-electron chi connectivity index (χ2n) is 5.69. The van der Waals surface area contributed by atoms with Gasteiger partial charge in [0, 0.05) is 26.8 Å². The van der Waals surface area contributed by atoms with Gasteiger partial charge in [0.1, 0.15) is 0 Å². The largest absolute Gasteiger partial charge is 0.480 e. The summed E-state index contributed by atoms with van der Waals surface area (Å²) >= 11 is 0. The summed E-state index contributed by atoms with van der Waals surface area (Å²) in [4.78, 5) is 24.5. The fourth-order valence-electron chi connectivity index (χ4n) is 1.93. The highest BCUT2D eigenvalue weighted by Crippen LogP contribution is 2.19. The van der Waals surface area contributed by atoms with Gasteiger partial charge in [0.25, 0.3) is 0 Å². The molecule has 0 aliphatic carbocycles. The topological polar surface area (TPSA) is 88.1 Å². The quantitative estimate of drug-likeness (QED) is 0.745. The summed E-state index contributed by atoms with van der Waals surface area (Å²) in [6, 6.07) is -1.27. The number of rotatable bonds is 6. The number of hydrogen-bond acceptors (Lipinski definition) is 4. The summed E-state index contributed by atoms with van der Waals surface area (Å²) in [6.07, 6.45) is 0.815. The van der Waals surface area contributed by atoms with E-state index in [4.69, 9.17) is 14.6 Å². The predicted molar refractivity (Wildman–Crippen MR) is 72.6 cm³/mol. The van der Waals surface area contributed by atoms with Crippen LogP contribution >= 0.6 is 0 Å². The molecule has 1 aliphatic heterocycles. The van der Waals surface area contributed by atoms with Crippen LogP contribution in [0.1, 0.15) is 20.3 Å². The Bertz CT molecular complexity index is 346. The molecule has 2 N–H and O–H groups in total. The van der Waals surface area contributed by atoms with Crippen LogP contribution in [0.25, 0.3) is 0 Å². The molecule has 1 rings (SSSR count). The van der Waals surface area contributed by atoms with Crippen molar-refractivity contribution < 1.29 is 24.2 Å². The zero-order valence-electron chi connectivity index (χ0n) is 12.3. The molecule has 0 bridgehead atoms. The minimum absolute atomic E-state index is 0.0375. The van der Waals surface area contributed by atoms with E-state index in [1.807, 2.05) is 13.8 Å². The number of carboxylic acids is 1. The van der Waals surface area contributed by atoms with Crippen LogP contribution in [-0.2, 0) is 14.3 Å². The molecule has 2 amide bonds. The van der Waals surface area contributed by atoms with E-state index in [2.05, 4.69) is 5.32 Å². The normalized spacial score (nSPS) is 19.8. The zero-order chi connectivity index (χ0) is 15.2. The molecule has 20 heavy (non-hydrogen) atoms. The highest BCUT2D eigenvalue weighted by Gasteiger charge is 2.33. The molecule has 0 spiro atoms. The van der Waals surface area contributed by atoms with Gasteiger partial charge in [-0.3, -0.25) is 0 Å². The first-order valence-electron chi connectivity index (χ1n) is 6.71. The number of urea groups is 1. The van der Waals surface area contributed by atoms with Crippen LogP contribution in [0.4, 0.5) is 4.79 Å². The summed E-state index contributed by atoms with van der Waals surface area (Å²) in [6.45, 7) is 5.85. The Labute approximate surface area is 119 Å². The van der Waals surface area contributed by atoms with Gasteiger partial charge in [0.15, 0.2) is 6.04 Å². The summed E-state index contributed by atoms with van der Waals surface area (Å²) in [5.41, 5.74) is -0.101. The smallest absolute Gasteiger partial charge is 0.328 e. The van der Waals surface area contributed by atoms with E-state index in [1.165, 1.54) is 4.90 Å². The van der Waals surface area contributed by atoms with Crippen LogP contribution in [0.2, 0.25) is 0 Å². The third-order valence-corrected chi connectivity index (χ3v) is 3.38.